The molecular weight excluding hydrogens is 382 g/mol. The van der Waals surface area contributed by atoms with Gasteiger partial charge in [-0.05, 0) is 0 Å². The van der Waals surface area contributed by atoms with Crippen molar-refractivity contribution in [3.05, 3.63) is 47.5 Å². The molecule has 0 spiro atoms. The normalized spacial score (nSPS) is 11.7. The van der Waals surface area contributed by atoms with Crippen LogP contribution in [0.3, 0.4) is 0 Å². The predicted molar refractivity (Wildman–Crippen MR) is 73.8 cm³/mol. The van der Waals surface area contributed by atoms with Gasteiger partial charge in [0.1, 0.15) is 0 Å². The van der Waals surface area contributed by atoms with Gasteiger partial charge in [0.25, 0.3) is 0 Å². The SMILES string of the molecule is CC(C)[C-]=Cc1[c-]cc(C=[C-]C(C)(C)C)[c-]c1.[Y].[Y]. The van der Waals surface area contributed by atoms with Crippen LogP contribution >= 0.6 is 0 Å². The van der Waals surface area contributed by atoms with Crippen LogP contribution in [0.25, 0.3) is 12.2 Å². The number of hydrogen-bond acceptors (Lipinski definition) is 0. The fourth-order valence-corrected chi connectivity index (χ4v) is 1.12. The van der Waals surface area contributed by atoms with E-state index in [2.05, 4.69) is 58.9 Å². The molecule has 1 aromatic rings. The molecule has 19 heavy (non-hydrogen) atoms. The fourth-order valence-electron chi connectivity index (χ4n) is 1.12. The van der Waals surface area contributed by atoms with Gasteiger partial charge in [-0.1, -0.05) is 34.6 Å². The van der Waals surface area contributed by atoms with Gasteiger partial charge in [-0.25, -0.2) is 6.07 Å². The molecule has 0 aliphatic carbocycles. The number of hydrogen-bond donors (Lipinski definition) is 0. The molecule has 2 radical (unpaired) electrons. The zero-order valence-electron chi connectivity index (χ0n) is 12.5. The van der Waals surface area contributed by atoms with Crippen LogP contribution < -0.4 is 0 Å². The molecule has 0 nitrogen and oxygen atoms in total. The molecule has 0 aliphatic heterocycles. The van der Waals surface area contributed by atoms with E-state index in [9.17, 15) is 0 Å². The maximum Gasteiger partial charge on any atom is 0 e. The average Bonchev–Trinajstić information content (AvgIpc) is 2.24. The van der Waals surface area contributed by atoms with Crippen molar-refractivity contribution in [2.45, 2.75) is 34.6 Å². The van der Waals surface area contributed by atoms with E-state index in [0.29, 0.717) is 5.92 Å². The Morgan fingerprint density at radius 3 is 1.84 bits per heavy atom. The van der Waals surface area contributed by atoms with Crippen molar-refractivity contribution in [1.82, 2.24) is 0 Å². The van der Waals surface area contributed by atoms with Crippen molar-refractivity contribution in [1.29, 1.82) is 0 Å². The maximum absolute atomic E-state index is 3.31. The number of benzene rings is 1. The second-order valence-corrected chi connectivity index (χ2v) is 5.49. The number of rotatable bonds is 3. The second kappa shape index (κ2) is 10.6. The van der Waals surface area contributed by atoms with E-state index in [1.165, 1.54) is 0 Å². The monoisotopic (exact) mass is 402 g/mol. The van der Waals surface area contributed by atoms with Crippen LogP contribution in [-0.4, -0.2) is 0 Å². The van der Waals surface area contributed by atoms with Crippen LogP contribution in [0, 0.1) is 35.6 Å². The standard InChI is InChI=1S/C17H20.2Y/c1-14(2)6-7-15-8-10-16(11-9-15)12-13-17(3,4)5;;/h7-8,11-12,14H,1-5H3;;/q-4;;. The molecule has 0 N–H and O–H groups in total. The molecular formula is C17H20Y2-4. The van der Waals surface area contributed by atoms with Crippen LogP contribution in [0.5, 0.6) is 0 Å². The molecule has 1 aromatic carbocycles. The third-order valence-electron chi connectivity index (χ3n) is 2.02. The molecule has 0 aliphatic rings. The predicted octanol–water partition coefficient (Wildman–Crippen LogP) is 4.62. The largest absolute Gasteiger partial charge is 0.323 e. The van der Waals surface area contributed by atoms with Gasteiger partial charge in [0, 0.05) is 65.4 Å². The summed E-state index contributed by atoms with van der Waals surface area (Å²) in [5.74, 6) is 0.442. The minimum absolute atomic E-state index is 0. The molecule has 0 saturated heterocycles. The van der Waals surface area contributed by atoms with E-state index >= 15 is 0 Å². The zero-order valence-corrected chi connectivity index (χ0v) is 18.2. The third-order valence-corrected chi connectivity index (χ3v) is 2.02. The summed E-state index contributed by atoms with van der Waals surface area (Å²) in [4.78, 5) is 0. The van der Waals surface area contributed by atoms with E-state index in [1.54, 1.807) is 0 Å². The molecule has 2 heteroatoms. The van der Waals surface area contributed by atoms with Crippen molar-refractivity contribution < 1.29 is 65.4 Å². The van der Waals surface area contributed by atoms with Gasteiger partial charge in [0.05, 0.1) is 0 Å². The van der Waals surface area contributed by atoms with Gasteiger partial charge in [-0.2, -0.15) is 0 Å². The first-order valence-corrected chi connectivity index (χ1v) is 6.00. The molecule has 98 valence electrons. The van der Waals surface area contributed by atoms with Crippen LogP contribution in [0.4, 0.5) is 0 Å². The Kier molecular flexibility index (Phi) is 12.4. The molecule has 0 unspecified atom stereocenters. The third kappa shape index (κ3) is 11.3. The first-order chi connectivity index (χ1) is 7.87. The van der Waals surface area contributed by atoms with Gasteiger partial charge in [-0.15, -0.1) is 11.3 Å². The van der Waals surface area contributed by atoms with E-state index < -0.39 is 0 Å². The summed E-state index contributed by atoms with van der Waals surface area (Å²) < 4.78 is 0. The number of allylic oxidation sites excluding steroid dienone is 2. The van der Waals surface area contributed by atoms with Crippen molar-refractivity contribution in [2.24, 2.45) is 11.3 Å². The molecule has 0 bridgehead atoms. The van der Waals surface area contributed by atoms with Gasteiger partial charge < -0.3 is 23.8 Å². The van der Waals surface area contributed by atoms with Crippen LogP contribution in [0.2, 0.25) is 0 Å². The summed E-state index contributed by atoms with van der Waals surface area (Å²) in [6.07, 6.45) is 10.5. The quantitative estimate of drug-likeness (QED) is 0.648. The van der Waals surface area contributed by atoms with Crippen molar-refractivity contribution in [2.75, 3.05) is 0 Å². The Bertz CT molecular complexity index is 392. The maximum atomic E-state index is 3.31. The van der Waals surface area contributed by atoms with Gasteiger partial charge in [-0.3, -0.25) is 29.8 Å². The molecule has 0 atom stereocenters. The fraction of sp³-hybridized carbons (Fsp3) is 0.412. The van der Waals surface area contributed by atoms with E-state index in [0.717, 1.165) is 11.1 Å². The minimum atomic E-state index is 0. The Morgan fingerprint density at radius 2 is 1.47 bits per heavy atom. The molecule has 0 heterocycles. The van der Waals surface area contributed by atoms with Crippen LogP contribution in [0.15, 0.2) is 12.1 Å². The Balaban J connectivity index is 0. The van der Waals surface area contributed by atoms with Gasteiger partial charge in [0.2, 0.25) is 0 Å². The topological polar surface area (TPSA) is 0 Å². The van der Waals surface area contributed by atoms with E-state index in [-0.39, 0.29) is 70.8 Å². The first-order valence-electron chi connectivity index (χ1n) is 6.00. The molecule has 0 fully saturated rings. The molecule has 1 rings (SSSR count). The Morgan fingerprint density at radius 1 is 1.00 bits per heavy atom. The second-order valence-electron chi connectivity index (χ2n) is 5.49. The summed E-state index contributed by atoms with van der Waals surface area (Å²) >= 11 is 0. The van der Waals surface area contributed by atoms with Crippen molar-refractivity contribution in [3.8, 4) is 0 Å². The smallest absolute Gasteiger partial charge is 0 e. The van der Waals surface area contributed by atoms with Crippen molar-refractivity contribution in [3.63, 3.8) is 0 Å². The van der Waals surface area contributed by atoms with E-state index in [4.69, 9.17) is 0 Å². The summed E-state index contributed by atoms with van der Waals surface area (Å²) in [7, 11) is 0. The molecule has 0 saturated carbocycles. The van der Waals surface area contributed by atoms with Crippen LogP contribution in [0.1, 0.15) is 45.7 Å². The van der Waals surface area contributed by atoms with Crippen LogP contribution in [-0.2, 0) is 65.4 Å². The zero-order chi connectivity index (χ0) is 12.9. The van der Waals surface area contributed by atoms with Crippen molar-refractivity contribution >= 4 is 12.2 Å². The summed E-state index contributed by atoms with van der Waals surface area (Å²) in [5.41, 5.74) is 2.12. The summed E-state index contributed by atoms with van der Waals surface area (Å²) in [6, 6.07) is 10.3. The first kappa shape index (κ1) is 22.2. The van der Waals surface area contributed by atoms with E-state index in [1.807, 2.05) is 24.3 Å². The molecule has 0 aromatic heterocycles. The minimum Gasteiger partial charge on any atom is -0.323 e. The average molecular weight is 402 g/mol. The molecule has 0 amide bonds. The Hall–Kier alpha value is 0.908. The van der Waals surface area contributed by atoms with Gasteiger partial charge >= 0.3 is 0 Å². The van der Waals surface area contributed by atoms with Gasteiger partial charge in [0.15, 0.2) is 0 Å². The Labute approximate surface area is 169 Å². The summed E-state index contributed by atoms with van der Waals surface area (Å²) in [5, 5.41) is 0. The summed E-state index contributed by atoms with van der Waals surface area (Å²) in [6.45, 7) is 10.6.